The van der Waals surface area contributed by atoms with Crippen molar-refractivity contribution in [3.05, 3.63) is 53.0 Å². The quantitative estimate of drug-likeness (QED) is 0.934. The lowest BCUT2D eigenvalue weighted by Crippen LogP contribution is -2.08. The molecule has 0 aliphatic heterocycles. The molecule has 1 atom stereocenters. The fraction of sp³-hybridized carbons (Fsp3) is 0.167. The molecule has 0 amide bonds. The normalized spacial score (nSPS) is 12.1. The van der Waals surface area contributed by atoms with E-state index in [0.29, 0.717) is 0 Å². The molecule has 0 aliphatic carbocycles. The third-order valence-electron chi connectivity index (χ3n) is 2.25. The van der Waals surface area contributed by atoms with E-state index in [4.69, 9.17) is 0 Å². The molecule has 0 bridgehead atoms. The van der Waals surface area contributed by atoms with Crippen molar-refractivity contribution in [3.63, 3.8) is 0 Å². The lowest BCUT2D eigenvalue weighted by atomic mass is 10.2. The summed E-state index contributed by atoms with van der Waals surface area (Å²) in [6.07, 6.45) is 5.15. The van der Waals surface area contributed by atoms with Gasteiger partial charge in [0, 0.05) is 22.6 Å². The van der Waals surface area contributed by atoms with Crippen molar-refractivity contribution in [2.45, 2.75) is 13.0 Å². The van der Waals surface area contributed by atoms with E-state index in [2.05, 4.69) is 38.1 Å². The summed E-state index contributed by atoms with van der Waals surface area (Å²) in [5.41, 5.74) is 2.01. The number of hydrogen-bond donors (Lipinski definition) is 1. The van der Waals surface area contributed by atoms with Crippen LogP contribution in [0.5, 0.6) is 0 Å². The maximum absolute atomic E-state index is 4.26. The smallest absolute Gasteiger partial charge is 0.0806 e. The minimum Gasteiger partial charge on any atom is -0.377 e. The molecule has 1 heterocycles. The summed E-state index contributed by atoms with van der Waals surface area (Å²) >= 11 is 3.41. The number of benzene rings is 1. The molecule has 1 unspecified atom stereocenters. The molecule has 4 heteroatoms. The van der Waals surface area contributed by atoms with E-state index < -0.39 is 0 Å². The van der Waals surface area contributed by atoms with Gasteiger partial charge in [-0.05, 0) is 31.2 Å². The summed E-state index contributed by atoms with van der Waals surface area (Å²) < 4.78 is 1.07. The van der Waals surface area contributed by atoms with Gasteiger partial charge in [0.15, 0.2) is 0 Å². The number of rotatable bonds is 3. The van der Waals surface area contributed by atoms with E-state index >= 15 is 0 Å². The summed E-state index contributed by atoms with van der Waals surface area (Å²) in [6.45, 7) is 2.06. The predicted molar refractivity (Wildman–Crippen MR) is 68.2 cm³/mol. The molecule has 3 nitrogen and oxygen atoms in total. The number of halogens is 1. The van der Waals surface area contributed by atoms with E-state index in [1.54, 1.807) is 18.6 Å². The van der Waals surface area contributed by atoms with Gasteiger partial charge in [-0.25, -0.2) is 0 Å². The molecule has 1 aromatic carbocycles. The first kappa shape index (κ1) is 11.1. The Hall–Kier alpha value is -1.42. The lowest BCUT2D eigenvalue weighted by molar-refractivity contribution is 0.827. The summed E-state index contributed by atoms with van der Waals surface area (Å²) in [6, 6.07) is 8.21. The van der Waals surface area contributed by atoms with Crippen LogP contribution in [-0.4, -0.2) is 9.97 Å². The number of anilines is 1. The van der Waals surface area contributed by atoms with Crippen LogP contribution in [0.3, 0.4) is 0 Å². The van der Waals surface area contributed by atoms with Crippen molar-refractivity contribution >= 4 is 21.6 Å². The molecule has 82 valence electrons. The number of hydrogen-bond acceptors (Lipinski definition) is 3. The van der Waals surface area contributed by atoms with E-state index in [9.17, 15) is 0 Å². The highest BCUT2D eigenvalue weighted by Gasteiger charge is 2.05. The zero-order valence-electron chi connectivity index (χ0n) is 8.89. The van der Waals surface area contributed by atoms with Gasteiger partial charge in [-0.2, -0.15) is 0 Å². The molecule has 2 aromatic rings. The molecule has 0 saturated carbocycles. The maximum Gasteiger partial charge on any atom is 0.0806 e. The second kappa shape index (κ2) is 5.07. The van der Waals surface area contributed by atoms with Crippen LogP contribution in [0.1, 0.15) is 18.7 Å². The highest BCUT2D eigenvalue weighted by molar-refractivity contribution is 9.10. The average Bonchev–Trinajstić information content (AvgIpc) is 2.33. The van der Waals surface area contributed by atoms with Crippen molar-refractivity contribution in [2.24, 2.45) is 0 Å². The Bertz CT molecular complexity index is 442. The Morgan fingerprint density at radius 3 is 2.56 bits per heavy atom. The van der Waals surface area contributed by atoms with Gasteiger partial charge in [-0.1, -0.05) is 15.9 Å². The Morgan fingerprint density at radius 1 is 1.19 bits per heavy atom. The number of nitrogens with one attached hydrogen (secondary N) is 1. The van der Waals surface area contributed by atoms with Crippen LogP contribution in [0.25, 0.3) is 0 Å². The summed E-state index contributed by atoms with van der Waals surface area (Å²) in [5, 5.41) is 3.36. The SMILES string of the molecule is CC(Nc1ccc(Br)cc1)c1cnccn1. The lowest BCUT2D eigenvalue weighted by Gasteiger charge is -2.14. The highest BCUT2D eigenvalue weighted by Crippen LogP contribution is 2.19. The van der Waals surface area contributed by atoms with Gasteiger partial charge in [-0.15, -0.1) is 0 Å². The molecule has 0 spiro atoms. The molecule has 0 fully saturated rings. The van der Waals surface area contributed by atoms with Crippen molar-refractivity contribution in [3.8, 4) is 0 Å². The first-order valence-corrected chi connectivity index (χ1v) is 5.83. The molecule has 0 radical (unpaired) electrons. The molecule has 1 N–H and O–H groups in total. The van der Waals surface area contributed by atoms with Gasteiger partial charge < -0.3 is 5.32 Å². The predicted octanol–water partition coefficient (Wildman–Crippen LogP) is 3.41. The van der Waals surface area contributed by atoms with Gasteiger partial charge in [-0.3, -0.25) is 9.97 Å². The van der Waals surface area contributed by atoms with Crippen LogP contribution in [0.2, 0.25) is 0 Å². The average molecular weight is 278 g/mol. The maximum atomic E-state index is 4.26. The van der Waals surface area contributed by atoms with E-state index in [1.165, 1.54) is 0 Å². The molecule has 0 aliphatic rings. The van der Waals surface area contributed by atoms with Crippen molar-refractivity contribution < 1.29 is 0 Å². The van der Waals surface area contributed by atoms with Crippen LogP contribution in [0, 0.1) is 0 Å². The molecule has 0 saturated heterocycles. The summed E-state index contributed by atoms with van der Waals surface area (Å²) in [5.74, 6) is 0. The van der Waals surface area contributed by atoms with Gasteiger partial charge in [0.05, 0.1) is 17.9 Å². The first-order valence-electron chi connectivity index (χ1n) is 5.04. The number of aromatic nitrogens is 2. The fourth-order valence-electron chi connectivity index (χ4n) is 1.40. The second-order valence-corrected chi connectivity index (χ2v) is 4.42. The minimum atomic E-state index is 0.148. The second-order valence-electron chi connectivity index (χ2n) is 3.50. The largest absolute Gasteiger partial charge is 0.377 e. The first-order chi connectivity index (χ1) is 7.75. The molecular formula is C12H12BrN3. The van der Waals surface area contributed by atoms with Crippen molar-refractivity contribution in [1.82, 2.24) is 9.97 Å². The third kappa shape index (κ3) is 2.79. The minimum absolute atomic E-state index is 0.148. The van der Waals surface area contributed by atoms with Crippen LogP contribution < -0.4 is 5.32 Å². The fourth-order valence-corrected chi connectivity index (χ4v) is 1.67. The molecule has 1 aromatic heterocycles. The zero-order chi connectivity index (χ0) is 11.4. The molecule has 16 heavy (non-hydrogen) atoms. The van der Waals surface area contributed by atoms with Gasteiger partial charge >= 0.3 is 0 Å². The zero-order valence-corrected chi connectivity index (χ0v) is 10.5. The number of nitrogens with zero attached hydrogens (tertiary/aromatic N) is 2. The van der Waals surface area contributed by atoms with Crippen LogP contribution in [0.4, 0.5) is 5.69 Å². The standard InChI is InChI=1S/C12H12BrN3/c1-9(12-8-14-6-7-15-12)16-11-4-2-10(13)3-5-11/h2-9,16H,1H3. The van der Waals surface area contributed by atoms with Crippen LogP contribution >= 0.6 is 15.9 Å². The van der Waals surface area contributed by atoms with Crippen molar-refractivity contribution in [1.29, 1.82) is 0 Å². The van der Waals surface area contributed by atoms with Gasteiger partial charge in [0.25, 0.3) is 0 Å². The Labute approximate surface area is 103 Å². The van der Waals surface area contributed by atoms with Crippen molar-refractivity contribution in [2.75, 3.05) is 5.32 Å². The Morgan fingerprint density at radius 2 is 1.94 bits per heavy atom. The van der Waals surface area contributed by atoms with E-state index in [-0.39, 0.29) is 6.04 Å². The van der Waals surface area contributed by atoms with Crippen LogP contribution in [0.15, 0.2) is 47.3 Å². The van der Waals surface area contributed by atoms with Gasteiger partial charge in [0.1, 0.15) is 0 Å². The Balaban J connectivity index is 2.08. The van der Waals surface area contributed by atoms with Gasteiger partial charge in [0.2, 0.25) is 0 Å². The van der Waals surface area contributed by atoms with Crippen LogP contribution in [-0.2, 0) is 0 Å². The molecule has 2 rings (SSSR count). The monoisotopic (exact) mass is 277 g/mol. The summed E-state index contributed by atoms with van der Waals surface area (Å²) in [4.78, 5) is 8.31. The topological polar surface area (TPSA) is 37.8 Å². The van der Waals surface area contributed by atoms with E-state index in [1.807, 2.05) is 24.3 Å². The van der Waals surface area contributed by atoms with E-state index in [0.717, 1.165) is 15.9 Å². The Kier molecular flexibility index (Phi) is 3.51. The molecular weight excluding hydrogens is 266 g/mol. The third-order valence-corrected chi connectivity index (χ3v) is 2.78. The summed E-state index contributed by atoms with van der Waals surface area (Å²) in [7, 11) is 0. The highest BCUT2D eigenvalue weighted by atomic mass is 79.9.